The minimum absolute atomic E-state index is 0.870. The van der Waals surface area contributed by atoms with Crippen LogP contribution in [0.25, 0.3) is 0 Å². The van der Waals surface area contributed by atoms with Gasteiger partial charge in [0.25, 0.3) is 0 Å². The van der Waals surface area contributed by atoms with Gasteiger partial charge in [-0.25, -0.2) is 0 Å². The fourth-order valence-electron chi connectivity index (χ4n) is 1.84. The topological polar surface area (TPSA) is 3.24 Å². The molecule has 0 aliphatic heterocycles. The van der Waals surface area contributed by atoms with E-state index in [0.29, 0.717) is 0 Å². The number of hydrogen-bond donors (Lipinski definition) is 1. The lowest BCUT2D eigenvalue weighted by Crippen LogP contribution is -2.19. The van der Waals surface area contributed by atoms with Crippen molar-refractivity contribution < 1.29 is 0 Å². The van der Waals surface area contributed by atoms with Gasteiger partial charge in [-0.15, -0.1) is 0 Å². The first-order chi connectivity index (χ1) is 8.24. The van der Waals surface area contributed by atoms with Crippen molar-refractivity contribution in [2.24, 2.45) is 0 Å². The molecule has 0 radical (unpaired) electrons. The summed E-state index contributed by atoms with van der Waals surface area (Å²) in [6.45, 7) is 2.07. The number of thiol groups is 1. The first-order valence-corrected chi connectivity index (χ1v) is 7.28. The maximum absolute atomic E-state index is 6.14. The fourth-order valence-corrected chi connectivity index (χ4v) is 2.26. The van der Waals surface area contributed by atoms with Crippen LogP contribution in [0.2, 0.25) is 5.02 Å². The van der Waals surface area contributed by atoms with Crippen molar-refractivity contribution in [3.63, 3.8) is 0 Å². The molecule has 0 unspecified atom stereocenters. The molecule has 0 atom stereocenters. The van der Waals surface area contributed by atoms with Gasteiger partial charge in [-0.1, -0.05) is 42.6 Å². The highest BCUT2D eigenvalue weighted by molar-refractivity contribution is 7.80. The molecule has 1 nitrogen and oxygen atoms in total. The lowest BCUT2D eigenvalue weighted by atomic mass is 10.2. The third-order valence-electron chi connectivity index (χ3n) is 2.85. The van der Waals surface area contributed by atoms with Gasteiger partial charge in [0.15, 0.2) is 0 Å². The largest absolute Gasteiger partial charge is 0.302 e. The molecule has 0 aromatic heterocycles. The highest BCUT2D eigenvalue weighted by atomic mass is 35.5. The van der Waals surface area contributed by atoms with Gasteiger partial charge in [0.05, 0.1) is 0 Å². The first kappa shape index (κ1) is 14.9. The molecular weight excluding hydrogens is 250 g/mol. The van der Waals surface area contributed by atoms with Gasteiger partial charge < -0.3 is 4.90 Å². The van der Waals surface area contributed by atoms with E-state index < -0.39 is 0 Å². The number of benzene rings is 1. The van der Waals surface area contributed by atoms with Gasteiger partial charge in [-0.2, -0.15) is 12.6 Å². The number of nitrogens with zero attached hydrogens (tertiary/aromatic N) is 1. The molecule has 96 valence electrons. The molecular formula is C14H22ClNS. The van der Waals surface area contributed by atoms with E-state index in [9.17, 15) is 0 Å². The first-order valence-electron chi connectivity index (χ1n) is 6.27. The number of rotatable bonds is 8. The minimum atomic E-state index is 0.870. The summed E-state index contributed by atoms with van der Waals surface area (Å²) < 4.78 is 0. The Kier molecular flexibility index (Phi) is 7.74. The summed E-state index contributed by atoms with van der Waals surface area (Å²) >= 11 is 10.4. The summed E-state index contributed by atoms with van der Waals surface area (Å²) in [5.74, 6) is 1.01. The monoisotopic (exact) mass is 271 g/mol. The second-order valence-corrected chi connectivity index (χ2v) is 5.32. The molecule has 0 bridgehead atoms. The smallest absolute Gasteiger partial charge is 0.0451 e. The van der Waals surface area contributed by atoms with Crippen LogP contribution in [0.1, 0.15) is 31.2 Å². The number of unbranched alkanes of at least 4 members (excludes halogenated alkanes) is 3. The van der Waals surface area contributed by atoms with Crippen molar-refractivity contribution in [3.05, 3.63) is 34.9 Å². The maximum Gasteiger partial charge on any atom is 0.0451 e. The van der Waals surface area contributed by atoms with Crippen molar-refractivity contribution >= 4 is 24.2 Å². The van der Waals surface area contributed by atoms with Gasteiger partial charge >= 0.3 is 0 Å². The van der Waals surface area contributed by atoms with Crippen LogP contribution in [0.4, 0.5) is 0 Å². The van der Waals surface area contributed by atoms with E-state index in [0.717, 1.165) is 23.9 Å². The molecule has 1 aromatic rings. The lowest BCUT2D eigenvalue weighted by Gasteiger charge is -2.17. The second-order valence-electron chi connectivity index (χ2n) is 4.47. The standard InChI is InChI=1S/C14H22ClNS/c1-16(10-6-2-3-7-11-17)12-13-8-4-5-9-14(13)15/h4-5,8-9,17H,2-3,6-7,10-12H2,1H3. The summed E-state index contributed by atoms with van der Waals surface area (Å²) in [5.41, 5.74) is 1.21. The molecule has 0 saturated carbocycles. The zero-order valence-corrected chi connectivity index (χ0v) is 12.2. The Morgan fingerprint density at radius 2 is 1.82 bits per heavy atom. The van der Waals surface area contributed by atoms with Gasteiger partial charge in [-0.3, -0.25) is 0 Å². The fraction of sp³-hybridized carbons (Fsp3) is 0.571. The maximum atomic E-state index is 6.14. The molecule has 0 heterocycles. The summed E-state index contributed by atoms with van der Waals surface area (Å²) in [6, 6.07) is 8.07. The van der Waals surface area contributed by atoms with E-state index in [1.165, 1.54) is 31.2 Å². The lowest BCUT2D eigenvalue weighted by molar-refractivity contribution is 0.317. The average Bonchev–Trinajstić information content (AvgIpc) is 2.32. The van der Waals surface area contributed by atoms with Gasteiger partial charge in [0, 0.05) is 11.6 Å². The highest BCUT2D eigenvalue weighted by Crippen LogP contribution is 2.16. The Balaban J connectivity index is 2.21. The molecule has 0 aliphatic rings. The molecule has 0 amide bonds. The van der Waals surface area contributed by atoms with Crippen LogP contribution in [-0.2, 0) is 6.54 Å². The third kappa shape index (κ3) is 6.35. The van der Waals surface area contributed by atoms with E-state index in [4.69, 9.17) is 11.6 Å². The second kappa shape index (κ2) is 8.84. The average molecular weight is 272 g/mol. The Morgan fingerprint density at radius 3 is 2.53 bits per heavy atom. The zero-order chi connectivity index (χ0) is 12.5. The number of halogens is 1. The predicted octanol–water partition coefficient (Wildman–Crippen LogP) is 4.26. The van der Waals surface area contributed by atoms with E-state index in [1.54, 1.807) is 0 Å². The van der Waals surface area contributed by atoms with Gasteiger partial charge in [-0.05, 0) is 43.8 Å². The Labute approximate surface area is 116 Å². The molecule has 1 rings (SSSR count). The van der Waals surface area contributed by atoms with E-state index >= 15 is 0 Å². The van der Waals surface area contributed by atoms with Crippen LogP contribution in [-0.4, -0.2) is 24.2 Å². The molecule has 0 N–H and O–H groups in total. The highest BCUT2D eigenvalue weighted by Gasteiger charge is 2.03. The summed E-state index contributed by atoms with van der Waals surface area (Å²) in [4.78, 5) is 2.34. The van der Waals surface area contributed by atoms with Crippen LogP contribution in [0.15, 0.2) is 24.3 Å². The van der Waals surface area contributed by atoms with Crippen LogP contribution in [0.3, 0.4) is 0 Å². The Morgan fingerprint density at radius 1 is 1.12 bits per heavy atom. The van der Waals surface area contributed by atoms with Crippen molar-refractivity contribution in [2.75, 3.05) is 19.3 Å². The van der Waals surface area contributed by atoms with E-state index in [1.807, 2.05) is 18.2 Å². The molecule has 3 heteroatoms. The van der Waals surface area contributed by atoms with Crippen molar-refractivity contribution in [2.45, 2.75) is 32.2 Å². The molecule has 0 saturated heterocycles. The quantitative estimate of drug-likeness (QED) is 0.546. The zero-order valence-electron chi connectivity index (χ0n) is 10.5. The molecule has 0 fully saturated rings. The number of hydrogen-bond acceptors (Lipinski definition) is 2. The van der Waals surface area contributed by atoms with Crippen LogP contribution in [0.5, 0.6) is 0 Å². The normalized spacial score (nSPS) is 11.1. The summed E-state index contributed by atoms with van der Waals surface area (Å²) in [7, 11) is 2.15. The molecule has 0 aliphatic carbocycles. The molecule has 0 spiro atoms. The predicted molar refractivity (Wildman–Crippen MR) is 80.1 cm³/mol. The Hall–Kier alpha value is -0.180. The van der Waals surface area contributed by atoms with Crippen LogP contribution in [0, 0.1) is 0 Å². The van der Waals surface area contributed by atoms with Gasteiger partial charge in [0.1, 0.15) is 0 Å². The minimum Gasteiger partial charge on any atom is -0.302 e. The third-order valence-corrected chi connectivity index (χ3v) is 3.53. The van der Waals surface area contributed by atoms with Crippen molar-refractivity contribution in [1.29, 1.82) is 0 Å². The van der Waals surface area contributed by atoms with E-state index in [-0.39, 0.29) is 0 Å². The molecule has 17 heavy (non-hydrogen) atoms. The van der Waals surface area contributed by atoms with Crippen LogP contribution < -0.4 is 0 Å². The van der Waals surface area contributed by atoms with Gasteiger partial charge in [0.2, 0.25) is 0 Å². The van der Waals surface area contributed by atoms with E-state index in [2.05, 4.69) is 30.6 Å². The SMILES string of the molecule is CN(CCCCCCS)Cc1ccccc1Cl. The molecule has 1 aromatic carbocycles. The van der Waals surface area contributed by atoms with Crippen LogP contribution >= 0.6 is 24.2 Å². The van der Waals surface area contributed by atoms with Crippen molar-refractivity contribution in [3.8, 4) is 0 Å². The summed E-state index contributed by atoms with van der Waals surface area (Å²) in [6.07, 6.45) is 5.09. The summed E-state index contributed by atoms with van der Waals surface area (Å²) in [5, 5.41) is 0.870. The Bertz CT molecular complexity index is 317. The van der Waals surface area contributed by atoms with Crippen molar-refractivity contribution in [1.82, 2.24) is 4.90 Å².